The van der Waals surface area contributed by atoms with Crippen molar-refractivity contribution in [3.63, 3.8) is 0 Å². The molecular formula is C22H24Cl3NO3. The van der Waals surface area contributed by atoms with Crippen LogP contribution in [-0.4, -0.2) is 25.7 Å². The monoisotopic (exact) mass is 455 g/mol. The van der Waals surface area contributed by atoms with Gasteiger partial charge in [-0.3, -0.25) is 4.79 Å². The van der Waals surface area contributed by atoms with E-state index in [1.54, 1.807) is 30.3 Å². The van der Waals surface area contributed by atoms with Crippen LogP contribution in [0.3, 0.4) is 0 Å². The van der Waals surface area contributed by atoms with E-state index in [1.165, 1.54) is 0 Å². The van der Waals surface area contributed by atoms with Crippen LogP contribution >= 0.6 is 34.8 Å². The fourth-order valence-electron chi connectivity index (χ4n) is 2.73. The number of amides is 1. The number of carbonyl (C=O) groups is 1. The Labute approximate surface area is 186 Å². The standard InChI is InChI=1S/C22H24Cl3NO3/c1-15-13-19(28-12-9-20(24)25)14-16(2)21(15)29-11-4-3-10-26-22(27)17-5-7-18(23)8-6-17/h5-9,13-14H,3-4,10-12H2,1-2H3,(H,26,27). The van der Waals surface area contributed by atoms with Crippen LogP contribution < -0.4 is 14.8 Å². The molecule has 1 N–H and O–H groups in total. The molecule has 0 saturated heterocycles. The molecule has 0 heterocycles. The molecule has 0 aromatic heterocycles. The summed E-state index contributed by atoms with van der Waals surface area (Å²) in [5.41, 5.74) is 2.59. The number of benzene rings is 2. The Morgan fingerprint density at radius 2 is 1.69 bits per heavy atom. The van der Waals surface area contributed by atoms with Gasteiger partial charge in [-0.2, -0.15) is 0 Å². The van der Waals surface area contributed by atoms with Gasteiger partial charge in [0, 0.05) is 17.1 Å². The van der Waals surface area contributed by atoms with Crippen LogP contribution in [-0.2, 0) is 0 Å². The van der Waals surface area contributed by atoms with Gasteiger partial charge in [-0.15, -0.1) is 0 Å². The molecular weight excluding hydrogens is 433 g/mol. The van der Waals surface area contributed by atoms with Crippen molar-refractivity contribution in [3.8, 4) is 11.5 Å². The zero-order chi connectivity index (χ0) is 21.2. The highest BCUT2D eigenvalue weighted by atomic mass is 35.5. The molecule has 4 nitrogen and oxygen atoms in total. The predicted octanol–water partition coefficient (Wildman–Crippen LogP) is 6.24. The van der Waals surface area contributed by atoms with Gasteiger partial charge in [0.25, 0.3) is 5.91 Å². The molecule has 0 aliphatic carbocycles. The minimum Gasteiger partial charge on any atom is -0.493 e. The lowest BCUT2D eigenvalue weighted by atomic mass is 10.1. The van der Waals surface area contributed by atoms with Crippen molar-refractivity contribution >= 4 is 40.7 Å². The van der Waals surface area contributed by atoms with Gasteiger partial charge in [-0.1, -0.05) is 34.8 Å². The maximum Gasteiger partial charge on any atom is 0.251 e. The smallest absolute Gasteiger partial charge is 0.251 e. The van der Waals surface area contributed by atoms with Gasteiger partial charge in [0.15, 0.2) is 0 Å². The maximum atomic E-state index is 12.0. The van der Waals surface area contributed by atoms with E-state index >= 15 is 0 Å². The second-order valence-electron chi connectivity index (χ2n) is 6.51. The summed E-state index contributed by atoms with van der Waals surface area (Å²) >= 11 is 17.0. The number of nitrogens with one attached hydrogen (secondary N) is 1. The predicted molar refractivity (Wildman–Crippen MR) is 120 cm³/mol. The van der Waals surface area contributed by atoms with Gasteiger partial charge in [0.1, 0.15) is 22.6 Å². The second-order valence-corrected chi connectivity index (χ2v) is 7.95. The summed E-state index contributed by atoms with van der Waals surface area (Å²) in [5, 5.41) is 3.51. The van der Waals surface area contributed by atoms with Gasteiger partial charge in [0.05, 0.1) is 6.61 Å². The number of halogens is 3. The summed E-state index contributed by atoms with van der Waals surface area (Å²) in [6, 6.07) is 10.7. The van der Waals surface area contributed by atoms with E-state index in [1.807, 2.05) is 26.0 Å². The average Bonchev–Trinajstić information content (AvgIpc) is 2.66. The third kappa shape index (κ3) is 8.17. The summed E-state index contributed by atoms with van der Waals surface area (Å²) < 4.78 is 11.7. The Balaban J connectivity index is 1.72. The van der Waals surface area contributed by atoms with Gasteiger partial charge in [-0.05, 0) is 80.3 Å². The average molecular weight is 457 g/mol. The van der Waals surface area contributed by atoms with E-state index in [0.717, 1.165) is 35.5 Å². The van der Waals surface area contributed by atoms with E-state index < -0.39 is 0 Å². The van der Waals surface area contributed by atoms with Gasteiger partial charge >= 0.3 is 0 Å². The Morgan fingerprint density at radius 1 is 1.03 bits per heavy atom. The molecule has 0 spiro atoms. The Hall–Kier alpha value is -1.88. The first-order valence-corrected chi connectivity index (χ1v) is 10.4. The molecule has 2 aromatic carbocycles. The minimum absolute atomic E-state index is 0.102. The molecule has 156 valence electrons. The zero-order valence-corrected chi connectivity index (χ0v) is 18.7. The maximum absolute atomic E-state index is 12.0. The molecule has 0 unspecified atom stereocenters. The first-order chi connectivity index (χ1) is 13.9. The first-order valence-electron chi connectivity index (χ1n) is 9.28. The molecule has 29 heavy (non-hydrogen) atoms. The Morgan fingerprint density at radius 3 is 2.31 bits per heavy atom. The highest BCUT2D eigenvalue weighted by Gasteiger charge is 2.08. The van der Waals surface area contributed by atoms with E-state index in [0.29, 0.717) is 30.3 Å². The SMILES string of the molecule is Cc1cc(OCC=C(Cl)Cl)cc(C)c1OCCCCNC(=O)c1ccc(Cl)cc1. The zero-order valence-electron chi connectivity index (χ0n) is 16.4. The molecule has 7 heteroatoms. The molecule has 2 rings (SSSR count). The first kappa shape index (κ1) is 23.4. The third-order valence-corrected chi connectivity index (χ3v) is 4.69. The summed E-state index contributed by atoms with van der Waals surface area (Å²) in [7, 11) is 0. The summed E-state index contributed by atoms with van der Waals surface area (Å²) in [6.07, 6.45) is 3.24. The molecule has 0 aliphatic rings. The number of hydrogen-bond donors (Lipinski definition) is 1. The van der Waals surface area contributed by atoms with Crippen LogP contribution in [0.2, 0.25) is 5.02 Å². The Kier molecular flexibility index (Phi) is 9.65. The van der Waals surface area contributed by atoms with E-state index in [2.05, 4.69) is 5.32 Å². The van der Waals surface area contributed by atoms with Crippen molar-refractivity contribution < 1.29 is 14.3 Å². The lowest BCUT2D eigenvalue weighted by Crippen LogP contribution is -2.24. The van der Waals surface area contributed by atoms with E-state index in [4.69, 9.17) is 44.3 Å². The topological polar surface area (TPSA) is 47.6 Å². The van der Waals surface area contributed by atoms with Crippen LogP contribution in [0.25, 0.3) is 0 Å². The molecule has 1 amide bonds. The number of rotatable bonds is 10. The van der Waals surface area contributed by atoms with Crippen molar-refractivity contribution in [2.75, 3.05) is 19.8 Å². The quantitative estimate of drug-likeness (QED) is 0.430. The van der Waals surface area contributed by atoms with Gasteiger partial charge in [-0.25, -0.2) is 0 Å². The summed E-state index contributed by atoms with van der Waals surface area (Å²) in [5.74, 6) is 1.49. The number of aryl methyl sites for hydroxylation is 2. The van der Waals surface area contributed by atoms with Crippen LogP contribution in [0.15, 0.2) is 47.0 Å². The largest absolute Gasteiger partial charge is 0.493 e. The lowest BCUT2D eigenvalue weighted by Gasteiger charge is -2.14. The normalized spacial score (nSPS) is 10.4. The second kappa shape index (κ2) is 12.0. The summed E-state index contributed by atoms with van der Waals surface area (Å²) in [6.45, 7) is 5.43. The highest BCUT2D eigenvalue weighted by molar-refractivity contribution is 6.55. The molecule has 0 radical (unpaired) electrons. The van der Waals surface area contributed by atoms with Crippen LogP contribution in [0, 0.1) is 13.8 Å². The van der Waals surface area contributed by atoms with E-state index in [-0.39, 0.29) is 10.4 Å². The molecule has 0 aliphatic heterocycles. The van der Waals surface area contributed by atoms with Gasteiger partial charge < -0.3 is 14.8 Å². The molecule has 0 atom stereocenters. The van der Waals surface area contributed by atoms with E-state index in [9.17, 15) is 4.79 Å². The summed E-state index contributed by atoms with van der Waals surface area (Å²) in [4.78, 5) is 12.0. The molecule has 0 saturated carbocycles. The molecule has 0 bridgehead atoms. The fraction of sp³-hybridized carbons (Fsp3) is 0.318. The lowest BCUT2D eigenvalue weighted by molar-refractivity contribution is 0.0952. The van der Waals surface area contributed by atoms with Crippen LogP contribution in [0.1, 0.15) is 34.3 Å². The van der Waals surface area contributed by atoms with Crippen molar-refractivity contribution in [1.29, 1.82) is 0 Å². The van der Waals surface area contributed by atoms with Gasteiger partial charge in [0.2, 0.25) is 0 Å². The fourth-order valence-corrected chi connectivity index (χ4v) is 2.98. The molecule has 0 fully saturated rings. The van der Waals surface area contributed by atoms with Crippen LogP contribution in [0.4, 0.5) is 0 Å². The number of unbranched alkanes of at least 4 members (excludes halogenated alkanes) is 1. The number of carbonyl (C=O) groups excluding carboxylic acids is 1. The highest BCUT2D eigenvalue weighted by Crippen LogP contribution is 2.28. The Bertz CT molecular complexity index is 824. The molecule has 2 aromatic rings. The minimum atomic E-state index is -0.102. The third-order valence-electron chi connectivity index (χ3n) is 4.13. The number of ether oxygens (including phenoxy) is 2. The van der Waals surface area contributed by atoms with Crippen molar-refractivity contribution in [2.24, 2.45) is 0 Å². The van der Waals surface area contributed by atoms with Crippen LogP contribution in [0.5, 0.6) is 11.5 Å². The van der Waals surface area contributed by atoms with Crippen molar-refractivity contribution in [2.45, 2.75) is 26.7 Å². The number of hydrogen-bond acceptors (Lipinski definition) is 3. The van der Waals surface area contributed by atoms with Crippen molar-refractivity contribution in [3.05, 3.63) is 68.7 Å². The van der Waals surface area contributed by atoms with Crippen molar-refractivity contribution in [1.82, 2.24) is 5.32 Å².